The topological polar surface area (TPSA) is 17.1 Å². The number of hydrogen-bond acceptors (Lipinski definition) is 2. The minimum atomic E-state index is 0.226. The zero-order valence-corrected chi connectivity index (χ0v) is 10.3. The van der Waals surface area contributed by atoms with Crippen molar-refractivity contribution in [3.8, 4) is 10.4 Å². The monoisotopic (exact) mass is 230 g/mol. The second-order valence-corrected chi connectivity index (χ2v) is 4.89. The highest BCUT2D eigenvalue weighted by atomic mass is 32.1. The molecular weight excluding hydrogens is 216 g/mol. The molecule has 16 heavy (non-hydrogen) atoms. The molecule has 2 heteroatoms. The summed E-state index contributed by atoms with van der Waals surface area (Å²) < 4.78 is 0. The van der Waals surface area contributed by atoms with Gasteiger partial charge in [0.25, 0.3) is 0 Å². The van der Waals surface area contributed by atoms with Crippen LogP contribution < -0.4 is 0 Å². The molecule has 0 amide bonds. The summed E-state index contributed by atoms with van der Waals surface area (Å²) in [6, 6.07) is 12.3. The van der Waals surface area contributed by atoms with E-state index in [0.717, 1.165) is 4.88 Å². The van der Waals surface area contributed by atoms with E-state index in [1.807, 2.05) is 25.1 Å². The number of hydrogen-bond donors (Lipinski definition) is 0. The van der Waals surface area contributed by atoms with Crippen LogP contribution in [-0.4, -0.2) is 5.78 Å². The zero-order chi connectivity index (χ0) is 11.5. The molecule has 0 radical (unpaired) electrons. The average Bonchev–Trinajstić information content (AvgIpc) is 2.77. The molecule has 2 rings (SSSR count). The summed E-state index contributed by atoms with van der Waals surface area (Å²) in [7, 11) is 0. The molecule has 0 saturated heterocycles. The van der Waals surface area contributed by atoms with Crippen molar-refractivity contribution < 1.29 is 4.79 Å². The van der Waals surface area contributed by atoms with E-state index in [1.165, 1.54) is 16.0 Å². The number of carbonyl (C=O) groups excluding carboxylic acids is 1. The van der Waals surface area contributed by atoms with Crippen molar-refractivity contribution in [3.63, 3.8) is 0 Å². The maximum Gasteiger partial charge on any atom is 0.172 e. The highest BCUT2D eigenvalue weighted by Gasteiger charge is 2.08. The minimum Gasteiger partial charge on any atom is -0.293 e. The minimum absolute atomic E-state index is 0.226. The van der Waals surface area contributed by atoms with Gasteiger partial charge >= 0.3 is 0 Å². The average molecular weight is 230 g/mol. The van der Waals surface area contributed by atoms with Crippen LogP contribution in [-0.2, 0) is 0 Å². The van der Waals surface area contributed by atoms with E-state index in [0.29, 0.717) is 6.42 Å². The number of aryl methyl sites for hydroxylation is 1. The van der Waals surface area contributed by atoms with Gasteiger partial charge in [0.2, 0.25) is 0 Å². The number of Topliss-reactive ketones (excluding diaryl/α,β-unsaturated/α-hetero) is 1. The molecule has 0 unspecified atom stereocenters. The molecular formula is C14H14OS. The van der Waals surface area contributed by atoms with E-state index in [2.05, 4.69) is 25.1 Å². The Bertz CT molecular complexity index is 511. The molecule has 1 nitrogen and oxygen atoms in total. The Hall–Kier alpha value is -1.41. The molecule has 1 aromatic carbocycles. The largest absolute Gasteiger partial charge is 0.293 e. The van der Waals surface area contributed by atoms with Crippen molar-refractivity contribution in [1.29, 1.82) is 0 Å². The van der Waals surface area contributed by atoms with E-state index < -0.39 is 0 Å². The lowest BCUT2D eigenvalue weighted by Crippen LogP contribution is -1.90. The normalized spacial score (nSPS) is 10.4. The molecule has 0 spiro atoms. The number of benzene rings is 1. The van der Waals surface area contributed by atoms with Crippen LogP contribution in [0.5, 0.6) is 0 Å². The molecule has 1 aromatic heterocycles. The first-order valence-corrected chi connectivity index (χ1v) is 6.22. The van der Waals surface area contributed by atoms with Crippen LogP contribution in [0.3, 0.4) is 0 Å². The van der Waals surface area contributed by atoms with Crippen molar-refractivity contribution >= 4 is 17.1 Å². The van der Waals surface area contributed by atoms with E-state index in [9.17, 15) is 4.79 Å². The second-order valence-electron chi connectivity index (χ2n) is 3.81. The second kappa shape index (κ2) is 4.62. The first kappa shape index (κ1) is 11.1. The van der Waals surface area contributed by atoms with Crippen molar-refractivity contribution in [2.24, 2.45) is 0 Å². The SMILES string of the molecule is CCC(=O)c1ccc(-c2cccc(C)c2)s1. The lowest BCUT2D eigenvalue weighted by molar-refractivity contribution is 0.0992. The molecule has 0 aliphatic carbocycles. The molecule has 0 bridgehead atoms. The van der Waals surface area contributed by atoms with Crippen LogP contribution in [0.1, 0.15) is 28.6 Å². The predicted molar refractivity (Wildman–Crippen MR) is 69.1 cm³/mol. The summed E-state index contributed by atoms with van der Waals surface area (Å²) in [6.07, 6.45) is 0.577. The summed E-state index contributed by atoms with van der Waals surface area (Å²) in [5, 5.41) is 0. The molecule has 82 valence electrons. The fourth-order valence-corrected chi connectivity index (χ4v) is 2.63. The number of ketones is 1. The van der Waals surface area contributed by atoms with Crippen LogP contribution in [0.15, 0.2) is 36.4 Å². The summed E-state index contributed by atoms with van der Waals surface area (Å²) in [5.74, 6) is 0.226. The van der Waals surface area contributed by atoms with E-state index in [4.69, 9.17) is 0 Å². The molecule has 2 aromatic rings. The van der Waals surface area contributed by atoms with Gasteiger partial charge in [-0.25, -0.2) is 0 Å². The number of thiophene rings is 1. The Kier molecular flexibility index (Phi) is 3.20. The van der Waals surface area contributed by atoms with Crippen molar-refractivity contribution in [3.05, 3.63) is 46.8 Å². The maximum atomic E-state index is 11.5. The highest BCUT2D eigenvalue weighted by molar-refractivity contribution is 7.17. The van der Waals surface area contributed by atoms with Crippen LogP contribution in [0, 0.1) is 6.92 Å². The van der Waals surface area contributed by atoms with E-state index in [1.54, 1.807) is 11.3 Å². The van der Waals surface area contributed by atoms with Crippen molar-refractivity contribution in [1.82, 2.24) is 0 Å². The third-order valence-corrected chi connectivity index (χ3v) is 3.68. The van der Waals surface area contributed by atoms with Gasteiger partial charge in [-0.3, -0.25) is 4.79 Å². The summed E-state index contributed by atoms with van der Waals surface area (Å²) in [5.41, 5.74) is 2.44. The first-order chi connectivity index (χ1) is 7.70. The number of rotatable bonds is 3. The summed E-state index contributed by atoms with van der Waals surface area (Å²) >= 11 is 1.58. The third kappa shape index (κ3) is 2.22. The molecule has 0 fully saturated rings. The maximum absolute atomic E-state index is 11.5. The highest BCUT2D eigenvalue weighted by Crippen LogP contribution is 2.29. The van der Waals surface area contributed by atoms with Crippen LogP contribution in [0.2, 0.25) is 0 Å². The first-order valence-electron chi connectivity index (χ1n) is 5.41. The molecule has 0 atom stereocenters. The summed E-state index contributed by atoms with van der Waals surface area (Å²) in [6.45, 7) is 3.98. The van der Waals surface area contributed by atoms with E-state index >= 15 is 0 Å². The quantitative estimate of drug-likeness (QED) is 0.718. The van der Waals surface area contributed by atoms with Gasteiger partial charge in [0.15, 0.2) is 5.78 Å². The van der Waals surface area contributed by atoms with Crippen molar-refractivity contribution in [2.45, 2.75) is 20.3 Å². The molecule has 0 N–H and O–H groups in total. The van der Waals surface area contributed by atoms with Gasteiger partial charge in [0, 0.05) is 11.3 Å². The van der Waals surface area contributed by atoms with Gasteiger partial charge < -0.3 is 0 Å². The zero-order valence-electron chi connectivity index (χ0n) is 9.49. The van der Waals surface area contributed by atoms with E-state index in [-0.39, 0.29) is 5.78 Å². The lowest BCUT2D eigenvalue weighted by Gasteiger charge is -1.98. The van der Waals surface area contributed by atoms with Crippen LogP contribution >= 0.6 is 11.3 Å². The van der Waals surface area contributed by atoms with Gasteiger partial charge in [-0.15, -0.1) is 11.3 Å². The Morgan fingerprint density at radius 2 is 2.06 bits per heavy atom. The van der Waals surface area contributed by atoms with Crippen molar-refractivity contribution in [2.75, 3.05) is 0 Å². The van der Waals surface area contributed by atoms with Gasteiger partial charge in [-0.05, 0) is 24.6 Å². The van der Waals surface area contributed by atoms with Gasteiger partial charge in [-0.1, -0.05) is 36.8 Å². The molecule has 0 aliphatic rings. The number of carbonyl (C=O) groups is 1. The Labute approximate surface area is 99.8 Å². The lowest BCUT2D eigenvalue weighted by atomic mass is 10.1. The van der Waals surface area contributed by atoms with Crippen LogP contribution in [0.25, 0.3) is 10.4 Å². The fourth-order valence-electron chi connectivity index (χ4n) is 1.62. The summed E-state index contributed by atoms with van der Waals surface area (Å²) in [4.78, 5) is 13.6. The molecule has 0 saturated carbocycles. The molecule has 0 aliphatic heterocycles. The van der Waals surface area contributed by atoms with Crippen LogP contribution in [0.4, 0.5) is 0 Å². The fraction of sp³-hybridized carbons (Fsp3) is 0.214. The Balaban J connectivity index is 2.35. The van der Waals surface area contributed by atoms with Gasteiger partial charge in [0.1, 0.15) is 0 Å². The smallest absolute Gasteiger partial charge is 0.172 e. The molecule has 1 heterocycles. The Morgan fingerprint density at radius 1 is 1.25 bits per heavy atom. The predicted octanol–water partition coefficient (Wildman–Crippen LogP) is 4.32. The standard InChI is InChI=1S/C14H14OS/c1-3-12(15)14-8-7-13(16-14)11-6-4-5-10(2)9-11/h4-9H,3H2,1-2H3. The van der Waals surface area contributed by atoms with Gasteiger partial charge in [0.05, 0.1) is 4.88 Å². The third-order valence-electron chi connectivity index (χ3n) is 2.50. The van der Waals surface area contributed by atoms with Gasteiger partial charge in [-0.2, -0.15) is 0 Å². The Morgan fingerprint density at radius 3 is 2.75 bits per heavy atom.